The second kappa shape index (κ2) is 10.9. The van der Waals surface area contributed by atoms with E-state index < -0.39 is 11.9 Å². The molecule has 0 aromatic heterocycles. The van der Waals surface area contributed by atoms with Crippen LogP contribution in [-0.4, -0.2) is 30.2 Å². The minimum absolute atomic E-state index is 0.0255. The largest absolute Gasteiger partial charge is 0.456 e. The van der Waals surface area contributed by atoms with Gasteiger partial charge in [0, 0.05) is 29.8 Å². The van der Waals surface area contributed by atoms with Crippen molar-refractivity contribution in [3.8, 4) is 0 Å². The van der Waals surface area contributed by atoms with Gasteiger partial charge in [0.1, 0.15) is 0 Å². The average molecular weight is 410 g/mol. The molecule has 2 amide bonds. The van der Waals surface area contributed by atoms with E-state index in [9.17, 15) is 19.2 Å². The molecule has 0 unspecified atom stereocenters. The molecule has 7 heteroatoms. The predicted molar refractivity (Wildman–Crippen MR) is 114 cm³/mol. The molecular weight excluding hydrogens is 384 g/mol. The molecule has 0 fully saturated rings. The van der Waals surface area contributed by atoms with Crippen LogP contribution in [0.3, 0.4) is 0 Å². The maximum Gasteiger partial charge on any atom is 0.306 e. The van der Waals surface area contributed by atoms with E-state index >= 15 is 0 Å². The van der Waals surface area contributed by atoms with Crippen molar-refractivity contribution in [1.29, 1.82) is 0 Å². The van der Waals surface area contributed by atoms with E-state index in [1.54, 1.807) is 24.3 Å². The summed E-state index contributed by atoms with van der Waals surface area (Å²) in [7, 11) is 0. The highest BCUT2D eigenvalue weighted by Crippen LogP contribution is 2.14. The lowest BCUT2D eigenvalue weighted by atomic mass is 10.1. The highest BCUT2D eigenvalue weighted by molar-refractivity contribution is 5.97. The molecule has 0 saturated carbocycles. The zero-order valence-electron chi connectivity index (χ0n) is 17.4. The lowest BCUT2D eigenvalue weighted by Gasteiger charge is -2.09. The summed E-state index contributed by atoms with van der Waals surface area (Å²) in [5.74, 6) is -1.32. The number of anilines is 2. The van der Waals surface area contributed by atoms with Gasteiger partial charge in [-0.1, -0.05) is 18.2 Å². The molecular formula is C23H26N2O5. The summed E-state index contributed by atoms with van der Waals surface area (Å²) in [4.78, 5) is 47.1. The molecule has 0 saturated heterocycles. The molecule has 0 aliphatic rings. The van der Waals surface area contributed by atoms with Crippen LogP contribution in [-0.2, 0) is 19.1 Å². The van der Waals surface area contributed by atoms with E-state index in [0.717, 1.165) is 11.1 Å². The SMILES string of the molecule is CC(=O)c1cccc(NC(=O)CCCC(=O)OCC(=O)Nc2cc(C)cc(C)c2)c1. The van der Waals surface area contributed by atoms with Gasteiger partial charge in [0.15, 0.2) is 12.4 Å². The Hall–Kier alpha value is -3.48. The molecule has 0 atom stereocenters. The minimum atomic E-state index is -0.544. The van der Waals surface area contributed by atoms with Crippen LogP contribution in [0.25, 0.3) is 0 Å². The molecule has 0 heterocycles. The van der Waals surface area contributed by atoms with Crippen molar-refractivity contribution in [1.82, 2.24) is 0 Å². The molecule has 158 valence electrons. The Kier molecular flexibility index (Phi) is 8.29. The summed E-state index contributed by atoms with van der Waals surface area (Å²) in [5, 5.41) is 5.38. The quantitative estimate of drug-likeness (QED) is 0.484. The monoisotopic (exact) mass is 410 g/mol. The zero-order valence-corrected chi connectivity index (χ0v) is 17.4. The lowest BCUT2D eigenvalue weighted by molar-refractivity contribution is -0.147. The van der Waals surface area contributed by atoms with Gasteiger partial charge in [-0.05, 0) is 62.6 Å². The van der Waals surface area contributed by atoms with Gasteiger partial charge in [0.25, 0.3) is 5.91 Å². The van der Waals surface area contributed by atoms with Gasteiger partial charge in [0.2, 0.25) is 5.91 Å². The highest BCUT2D eigenvalue weighted by atomic mass is 16.5. The molecule has 2 rings (SSSR count). The van der Waals surface area contributed by atoms with Crippen LogP contribution in [0.15, 0.2) is 42.5 Å². The first-order valence-corrected chi connectivity index (χ1v) is 9.67. The third-order valence-electron chi connectivity index (χ3n) is 4.21. The maximum atomic E-state index is 12.0. The number of ketones is 1. The fraction of sp³-hybridized carbons (Fsp3) is 0.304. The third kappa shape index (κ3) is 7.87. The number of ether oxygens (including phenoxy) is 1. The number of hydrogen-bond donors (Lipinski definition) is 2. The Labute approximate surface area is 175 Å². The molecule has 0 radical (unpaired) electrons. The van der Waals surface area contributed by atoms with Gasteiger partial charge in [-0.25, -0.2) is 0 Å². The van der Waals surface area contributed by atoms with E-state index in [2.05, 4.69) is 10.6 Å². The molecule has 0 spiro atoms. The fourth-order valence-corrected chi connectivity index (χ4v) is 2.89. The summed E-state index contributed by atoms with van der Waals surface area (Å²) < 4.78 is 4.96. The van der Waals surface area contributed by atoms with Crippen molar-refractivity contribution in [2.75, 3.05) is 17.2 Å². The topological polar surface area (TPSA) is 102 Å². The Morgan fingerprint density at radius 1 is 0.833 bits per heavy atom. The van der Waals surface area contributed by atoms with E-state index in [4.69, 9.17) is 4.74 Å². The number of nitrogens with one attached hydrogen (secondary N) is 2. The van der Waals surface area contributed by atoms with Crippen molar-refractivity contribution in [2.24, 2.45) is 0 Å². The van der Waals surface area contributed by atoms with Gasteiger partial charge in [-0.15, -0.1) is 0 Å². The minimum Gasteiger partial charge on any atom is -0.456 e. The molecule has 7 nitrogen and oxygen atoms in total. The van der Waals surface area contributed by atoms with Crippen LogP contribution in [0.4, 0.5) is 11.4 Å². The number of carbonyl (C=O) groups excluding carboxylic acids is 4. The number of carbonyl (C=O) groups is 4. The summed E-state index contributed by atoms with van der Waals surface area (Å²) >= 11 is 0. The van der Waals surface area contributed by atoms with Crippen LogP contribution in [0.1, 0.15) is 47.7 Å². The Bertz CT molecular complexity index is 932. The van der Waals surface area contributed by atoms with Crippen molar-refractivity contribution in [3.05, 3.63) is 59.2 Å². The standard InChI is InChI=1S/C23H26N2O5/c1-15-10-16(2)12-20(11-15)25-22(28)14-30-23(29)9-5-8-21(27)24-19-7-4-6-18(13-19)17(3)26/h4,6-7,10-13H,5,8-9,14H2,1-3H3,(H,24,27)(H,25,28). The molecule has 30 heavy (non-hydrogen) atoms. The van der Waals surface area contributed by atoms with Gasteiger partial charge < -0.3 is 15.4 Å². The summed E-state index contributed by atoms with van der Waals surface area (Å²) in [6.07, 6.45) is 0.432. The van der Waals surface area contributed by atoms with Gasteiger partial charge >= 0.3 is 5.97 Å². The number of Topliss-reactive ketones (excluding diaryl/α,β-unsaturated/α-hetero) is 1. The van der Waals surface area contributed by atoms with Crippen molar-refractivity contribution in [2.45, 2.75) is 40.0 Å². The molecule has 2 aromatic rings. The van der Waals surface area contributed by atoms with Crippen LogP contribution in [0.2, 0.25) is 0 Å². The van der Waals surface area contributed by atoms with E-state index in [1.165, 1.54) is 6.92 Å². The Morgan fingerprint density at radius 2 is 1.50 bits per heavy atom. The summed E-state index contributed by atoms with van der Waals surface area (Å²) in [5.41, 5.74) is 3.73. The average Bonchev–Trinajstić information content (AvgIpc) is 2.65. The highest BCUT2D eigenvalue weighted by Gasteiger charge is 2.10. The number of amides is 2. The van der Waals surface area contributed by atoms with E-state index in [0.29, 0.717) is 16.9 Å². The summed E-state index contributed by atoms with van der Waals surface area (Å²) in [6.45, 7) is 4.93. The molecule has 0 aliphatic carbocycles. The van der Waals surface area contributed by atoms with E-state index in [1.807, 2.05) is 32.0 Å². The fourth-order valence-electron chi connectivity index (χ4n) is 2.89. The Balaban J connectivity index is 1.68. The van der Waals surface area contributed by atoms with E-state index in [-0.39, 0.29) is 37.6 Å². The molecule has 2 N–H and O–H groups in total. The second-order valence-corrected chi connectivity index (χ2v) is 7.12. The zero-order chi connectivity index (χ0) is 22.1. The normalized spacial score (nSPS) is 10.2. The van der Waals surface area contributed by atoms with Crippen molar-refractivity contribution in [3.63, 3.8) is 0 Å². The first-order chi connectivity index (χ1) is 14.2. The van der Waals surface area contributed by atoms with Crippen LogP contribution in [0, 0.1) is 13.8 Å². The number of hydrogen-bond acceptors (Lipinski definition) is 5. The van der Waals surface area contributed by atoms with Gasteiger partial charge in [0.05, 0.1) is 0 Å². The smallest absolute Gasteiger partial charge is 0.306 e. The number of esters is 1. The van der Waals surface area contributed by atoms with Crippen LogP contribution >= 0.6 is 0 Å². The van der Waals surface area contributed by atoms with Crippen molar-refractivity contribution < 1.29 is 23.9 Å². The van der Waals surface area contributed by atoms with Gasteiger partial charge in [-0.2, -0.15) is 0 Å². The number of benzene rings is 2. The lowest BCUT2D eigenvalue weighted by Crippen LogP contribution is -2.21. The van der Waals surface area contributed by atoms with Crippen LogP contribution < -0.4 is 10.6 Å². The van der Waals surface area contributed by atoms with Crippen molar-refractivity contribution >= 4 is 34.9 Å². The van der Waals surface area contributed by atoms with Gasteiger partial charge in [-0.3, -0.25) is 19.2 Å². The number of aryl methyl sites for hydroxylation is 2. The Morgan fingerprint density at radius 3 is 2.17 bits per heavy atom. The second-order valence-electron chi connectivity index (χ2n) is 7.12. The molecule has 0 bridgehead atoms. The number of rotatable bonds is 9. The molecule has 0 aliphatic heterocycles. The maximum absolute atomic E-state index is 12.0. The predicted octanol–water partition coefficient (Wildman–Crippen LogP) is 3.80. The first kappa shape index (κ1) is 22.8. The third-order valence-corrected chi connectivity index (χ3v) is 4.21. The van der Waals surface area contributed by atoms with Crippen LogP contribution in [0.5, 0.6) is 0 Å². The first-order valence-electron chi connectivity index (χ1n) is 9.67. The summed E-state index contributed by atoms with van der Waals surface area (Å²) in [6, 6.07) is 12.3. The molecule has 2 aromatic carbocycles.